The average molecular weight is 404 g/mol. The van der Waals surface area contributed by atoms with E-state index in [1.807, 2.05) is 67.6 Å². The van der Waals surface area contributed by atoms with Crippen LogP contribution in [-0.2, 0) is 6.54 Å². The van der Waals surface area contributed by atoms with E-state index in [1.54, 1.807) is 16.0 Å². The summed E-state index contributed by atoms with van der Waals surface area (Å²) in [5.74, 6) is -0.844. The van der Waals surface area contributed by atoms with Crippen LogP contribution in [0, 0.1) is 0 Å². The van der Waals surface area contributed by atoms with Gasteiger partial charge in [-0.1, -0.05) is 60.7 Å². The van der Waals surface area contributed by atoms with Gasteiger partial charge in [-0.15, -0.1) is 11.3 Å². The van der Waals surface area contributed by atoms with E-state index in [4.69, 9.17) is 0 Å². The molecule has 0 unspecified atom stereocenters. The molecule has 146 valence electrons. The Morgan fingerprint density at radius 1 is 1.07 bits per heavy atom. The molecule has 0 spiro atoms. The van der Waals surface area contributed by atoms with Gasteiger partial charge in [-0.05, 0) is 29.5 Å². The summed E-state index contributed by atoms with van der Waals surface area (Å²) < 4.78 is 2.07. The molecule has 0 saturated carbocycles. The Bertz CT molecular complexity index is 1210. The number of fused-ring (bicyclic) bond motifs is 1. The van der Waals surface area contributed by atoms with Crippen LogP contribution in [0.3, 0.4) is 0 Å². The Kier molecular flexibility index (Phi) is 5.18. The van der Waals surface area contributed by atoms with Crippen LogP contribution in [0.2, 0.25) is 0 Å². The lowest BCUT2D eigenvalue weighted by Crippen LogP contribution is -2.34. The highest BCUT2D eigenvalue weighted by Crippen LogP contribution is 2.31. The largest absolute Gasteiger partial charge is 0.505 e. The van der Waals surface area contributed by atoms with Gasteiger partial charge in [0.05, 0.1) is 22.8 Å². The fourth-order valence-corrected chi connectivity index (χ4v) is 4.22. The van der Waals surface area contributed by atoms with E-state index in [2.05, 4.69) is 5.32 Å². The molecular formula is C23H20N2O3S. The Hall–Kier alpha value is -3.38. The first-order valence-corrected chi connectivity index (χ1v) is 10.2. The number of nitrogens with zero attached hydrogens (tertiary/aromatic N) is 1. The van der Waals surface area contributed by atoms with Gasteiger partial charge in [-0.2, -0.15) is 0 Å². The fraction of sp³-hybridized carbons (Fsp3) is 0.130. The number of hydrogen-bond donors (Lipinski definition) is 2. The zero-order valence-corrected chi connectivity index (χ0v) is 16.6. The lowest BCUT2D eigenvalue weighted by Gasteiger charge is -2.16. The van der Waals surface area contributed by atoms with E-state index in [1.165, 1.54) is 11.3 Å². The molecular weight excluding hydrogens is 384 g/mol. The first-order valence-electron chi connectivity index (χ1n) is 9.29. The van der Waals surface area contributed by atoms with Crippen LogP contribution in [0.5, 0.6) is 5.75 Å². The molecule has 0 aliphatic rings. The van der Waals surface area contributed by atoms with Crippen LogP contribution in [0.25, 0.3) is 10.2 Å². The molecule has 0 aliphatic carbocycles. The van der Waals surface area contributed by atoms with E-state index < -0.39 is 11.5 Å². The maximum absolute atomic E-state index is 13.2. The molecule has 0 radical (unpaired) electrons. The summed E-state index contributed by atoms with van der Waals surface area (Å²) in [7, 11) is 0. The summed E-state index contributed by atoms with van der Waals surface area (Å²) >= 11 is 1.30. The van der Waals surface area contributed by atoms with E-state index >= 15 is 0 Å². The summed E-state index contributed by atoms with van der Waals surface area (Å²) in [5.41, 5.74) is 1.75. The van der Waals surface area contributed by atoms with Crippen molar-refractivity contribution in [2.24, 2.45) is 0 Å². The lowest BCUT2D eigenvalue weighted by atomic mass is 10.1. The lowest BCUT2D eigenvalue weighted by molar-refractivity contribution is 0.0935. The Labute approximate surface area is 171 Å². The maximum atomic E-state index is 13.2. The van der Waals surface area contributed by atoms with Crippen molar-refractivity contribution in [3.05, 3.63) is 99.2 Å². The van der Waals surface area contributed by atoms with E-state index in [-0.39, 0.29) is 17.4 Å². The van der Waals surface area contributed by atoms with Crippen molar-refractivity contribution < 1.29 is 9.90 Å². The minimum absolute atomic E-state index is 0.223. The Balaban J connectivity index is 1.76. The summed E-state index contributed by atoms with van der Waals surface area (Å²) in [6, 6.07) is 20.5. The number of aromatic nitrogens is 1. The van der Waals surface area contributed by atoms with Crippen molar-refractivity contribution in [1.29, 1.82) is 0 Å². The summed E-state index contributed by atoms with van der Waals surface area (Å²) in [6.45, 7) is 2.16. The van der Waals surface area contributed by atoms with E-state index in [0.717, 1.165) is 11.1 Å². The molecule has 5 nitrogen and oxygen atoms in total. The zero-order chi connectivity index (χ0) is 20.4. The predicted molar refractivity (Wildman–Crippen MR) is 116 cm³/mol. The molecule has 1 atom stereocenters. The van der Waals surface area contributed by atoms with Gasteiger partial charge in [0.2, 0.25) is 0 Å². The Morgan fingerprint density at radius 3 is 2.41 bits per heavy atom. The quantitative estimate of drug-likeness (QED) is 0.521. The molecule has 0 aliphatic heterocycles. The number of carbonyl (C=O) groups is 1. The summed E-state index contributed by atoms with van der Waals surface area (Å²) in [6.07, 6.45) is 0. The number of carbonyl (C=O) groups excluding carboxylic acids is 1. The van der Waals surface area contributed by atoms with Gasteiger partial charge in [0.25, 0.3) is 11.5 Å². The van der Waals surface area contributed by atoms with Crippen molar-refractivity contribution in [3.63, 3.8) is 0 Å². The molecule has 2 aromatic carbocycles. The molecule has 1 amide bonds. The van der Waals surface area contributed by atoms with Gasteiger partial charge in [-0.3, -0.25) is 9.59 Å². The Morgan fingerprint density at radius 2 is 1.72 bits per heavy atom. The second kappa shape index (κ2) is 7.93. The van der Waals surface area contributed by atoms with Crippen LogP contribution in [0.1, 0.15) is 34.5 Å². The average Bonchev–Trinajstić information content (AvgIpc) is 3.23. The molecule has 0 fully saturated rings. The highest BCUT2D eigenvalue weighted by Gasteiger charge is 2.24. The highest BCUT2D eigenvalue weighted by molar-refractivity contribution is 7.17. The molecule has 29 heavy (non-hydrogen) atoms. The normalized spacial score (nSPS) is 12.0. The number of rotatable bonds is 5. The molecule has 0 bridgehead atoms. The summed E-state index contributed by atoms with van der Waals surface area (Å²) in [4.78, 5) is 26.2. The van der Waals surface area contributed by atoms with Crippen molar-refractivity contribution in [3.8, 4) is 5.75 Å². The first kappa shape index (κ1) is 19.0. The molecule has 0 saturated heterocycles. The predicted octanol–water partition coefficient (Wildman–Crippen LogP) is 4.31. The van der Waals surface area contributed by atoms with Gasteiger partial charge in [0, 0.05) is 0 Å². The second-order valence-electron chi connectivity index (χ2n) is 6.84. The molecule has 4 aromatic rings. The van der Waals surface area contributed by atoms with Gasteiger partial charge in [0.1, 0.15) is 5.56 Å². The van der Waals surface area contributed by atoms with Crippen molar-refractivity contribution in [1.82, 2.24) is 9.88 Å². The number of benzene rings is 2. The molecule has 2 aromatic heterocycles. The number of hydrogen-bond acceptors (Lipinski definition) is 4. The molecule has 4 rings (SSSR count). The number of nitrogens with one attached hydrogen (secondary N) is 1. The summed E-state index contributed by atoms with van der Waals surface area (Å²) in [5, 5.41) is 15.3. The smallest absolute Gasteiger partial charge is 0.268 e. The third kappa shape index (κ3) is 3.67. The van der Waals surface area contributed by atoms with Gasteiger partial charge < -0.3 is 15.0 Å². The van der Waals surface area contributed by atoms with Crippen LogP contribution in [0.4, 0.5) is 0 Å². The fourth-order valence-electron chi connectivity index (χ4n) is 3.37. The second-order valence-corrected chi connectivity index (χ2v) is 7.76. The maximum Gasteiger partial charge on any atom is 0.268 e. The number of thiophene rings is 1. The topological polar surface area (TPSA) is 71.3 Å². The third-order valence-corrected chi connectivity index (χ3v) is 5.81. The highest BCUT2D eigenvalue weighted by atomic mass is 32.1. The molecule has 2 N–H and O–H groups in total. The monoisotopic (exact) mass is 404 g/mol. The van der Waals surface area contributed by atoms with Crippen molar-refractivity contribution in [2.75, 3.05) is 0 Å². The molecule has 2 heterocycles. The van der Waals surface area contributed by atoms with Crippen LogP contribution in [0.15, 0.2) is 76.9 Å². The number of pyridine rings is 1. The number of aromatic hydroxyl groups is 1. The first-order chi connectivity index (χ1) is 14.1. The van der Waals surface area contributed by atoms with Crippen LogP contribution in [-0.4, -0.2) is 15.6 Å². The van der Waals surface area contributed by atoms with Gasteiger partial charge in [-0.25, -0.2) is 0 Å². The van der Waals surface area contributed by atoms with Crippen LogP contribution < -0.4 is 10.9 Å². The van der Waals surface area contributed by atoms with Crippen LogP contribution >= 0.6 is 11.3 Å². The molecule has 6 heteroatoms. The third-order valence-electron chi connectivity index (χ3n) is 4.90. The zero-order valence-electron chi connectivity index (χ0n) is 15.8. The minimum atomic E-state index is -0.582. The van der Waals surface area contributed by atoms with E-state index in [9.17, 15) is 14.7 Å². The van der Waals surface area contributed by atoms with E-state index in [0.29, 0.717) is 16.8 Å². The van der Waals surface area contributed by atoms with Gasteiger partial charge >= 0.3 is 0 Å². The number of amides is 1. The van der Waals surface area contributed by atoms with Gasteiger partial charge in [0.15, 0.2) is 5.75 Å². The minimum Gasteiger partial charge on any atom is -0.505 e. The van der Waals surface area contributed by atoms with Crippen molar-refractivity contribution >= 4 is 27.5 Å². The van der Waals surface area contributed by atoms with Crippen molar-refractivity contribution in [2.45, 2.75) is 19.5 Å². The standard InChI is InChI=1S/C23H20N2O3S/c1-15(17-10-6-3-7-11-17)24-22(27)19-20(26)21-18(12-13-29-21)25(23(19)28)14-16-8-4-2-5-9-16/h2-13,15,26H,14H2,1H3,(H,24,27)/t15-/m0/s1. The SMILES string of the molecule is C[C@H](NC(=O)c1c(O)c2sccc2n(Cc2ccccc2)c1=O)c1ccccc1.